The van der Waals surface area contributed by atoms with Crippen LogP contribution < -0.4 is 10.1 Å². The van der Waals surface area contributed by atoms with Gasteiger partial charge in [0.2, 0.25) is 5.91 Å². The van der Waals surface area contributed by atoms with Gasteiger partial charge < -0.3 is 19.7 Å². The van der Waals surface area contributed by atoms with Crippen molar-refractivity contribution in [2.24, 2.45) is 5.92 Å². The number of benzene rings is 1. The van der Waals surface area contributed by atoms with Crippen LogP contribution >= 0.6 is 0 Å². The summed E-state index contributed by atoms with van der Waals surface area (Å²) < 4.78 is 13.1. The van der Waals surface area contributed by atoms with E-state index in [0.29, 0.717) is 49.9 Å². The average molecular weight is 496 g/mol. The molecule has 2 aromatic rings. The van der Waals surface area contributed by atoms with Gasteiger partial charge in [-0.05, 0) is 43.4 Å². The summed E-state index contributed by atoms with van der Waals surface area (Å²) in [5, 5.41) is 11.8. The number of carbonyl (C=O) groups is 2. The first-order valence-electron chi connectivity index (χ1n) is 13.4. The maximum absolute atomic E-state index is 13.3. The highest BCUT2D eigenvalue weighted by Gasteiger charge is 2.33. The van der Waals surface area contributed by atoms with E-state index in [1.54, 1.807) is 16.7 Å². The van der Waals surface area contributed by atoms with Crippen LogP contribution in [0.25, 0.3) is 0 Å². The maximum atomic E-state index is 13.3. The third-order valence-corrected chi connectivity index (χ3v) is 7.89. The highest BCUT2D eigenvalue weighted by Crippen LogP contribution is 2.29. The smallest absolute Gasteiger partial charge is 0.276 e. The summed E-state index contributed by atoms with van der Waals surface area (Å²) in [6, 6.07) is 8.09. The van der Waals surface area contributed by atoms with Crippen LogP contribution in [0.15, 0.2) is 24.3 Å². The van der Waals surface area contributed by atoms with E-state index >= 15 is 0 Å². The summed E-state index contributed by atoms with van der Waals surface area (Å²) in [4.78, 5) is 27.9. The highest BCUT2D eigenvalue weighted by atomic mass is 16.5. The Bertz CT molecular complexity index is 1040. The fraction of sp³-hybridized carbons (Fsp3) is 0.630. The molecule has 0 spiro atoms. The van der Waals surface area contributed by atoms with Crippen LogP contribution in [0.3, 0.4) is 0 Å². The Morgan fingerprint density at radius 3 is 2.39 bits per heavy atom. The Balaban J connectivity index is 1.14. The molecule has 1 aromatic carbocycles. The predicted molar refractivity (Wildman–Crippen MR) is 133 cm³/mol. The van der Waals surface area contributed by atoms with Crippen LogP contribution in [0.4, 0.5) is 0 Å². The molecule has 2 aliphatic heterocycles. The zero-order valence-electron chi connectivity index (χ0n) is 21.2. The number of nitrogens with one attached hydrogen (secondary N) is 1. The molecule has 1 aromatic heterocycles. The molecule has 9 heteroatoms. The Morgan fingerprint density at radius 1 is 1.00 bits per heavy atom. The van der Waals surface area contributed by atoms with Gasteiger partial charge in [-0.25, -0.2) is 4.68 Å². The number of amides is 2. The number of rotatable bonds is 5. The topological polar surface area (TPSA) is 98.6 Å². The molecule has 0 unspecified atom stereocenters. The van der Waals surface area contributed by atoms with E-state index in [4.69, 9.17) is 9.47 Å². The lowest BCUT2D eigenvalue weighted by molar-refractivity contribution is -0.127. The molecule has 2 fully saturated rings. The molecule has 5 rings (SSSR count). The van der Waals surface area contributed by atoms with Crippen molar-refractivity contribution >= 4 is 11.8 Å². The van der Waals surface area contributed by atoms with Crippen molar-refractivity contribution in [3.8, 4) is 5.75 Å². The number of nitrogens with zero attached hydrogens (tertiary/aromatic N) is 4. The third-order valence-electron chi connectivity index (χ3n) is 7.89. The lowest BCUT2D eigenvalue weighted by Gasteiger charge is -2.32. The molecule has 3 aliphatic rings. The molecule has 3 heterocycles. The van der Waals surface area contributed by atoms with E-state index < -0.39 is 0 Å². The Morgan fingerprint density at radius 2 is 1.69 bits per heavy atom. The van der Waals surface area contributed by atoms with Gasteiger partial charge in [0.05, 0.1) is 26.0 Å². The van der Waals surface area contributed by atoms with E-state index in [1.165, 1.54) is 32.1 Å². The molecule has 1 saturated carbocycles. The second kappa shape index (κ2) is 11.4. The molecule has 1 N–H and O–H groups in total. The second-order valence-electron chi connectivity index (χ2n) is 10.3. The molecule has 0 bridgehead atoms. The Hall–Kier alpha value is -2.94. The zero-order valence-corrected chi connectivity index (χ0v) is 21.2. The van der Waals surface area contributed by atoms with Gasteiger partial charge in [0.25, 0.3) is 5.91 Å². The summed E-state index contributed by atoms with van der Waals surface area (Å²) in [5.74, 6) is 0.806. The van der Waals surface area contributed by atoms with Crippen LogP contribution in [0.2, 0.25) is 0 Å². The fourth-order valence-corrected chi connectivity index (χ4v) is 5.61. The van der Waals surface area contributed by atoms with Gasteiger partial charge in [0.15, 0.2) is 5.69 Å². The standard InChI is InChI=1S/C27H37N5O4/c1-35-22-11-9-19(10-12-22)24-17-32-23(18-36-24)25(29-30-32)27(34)31-15-13-20(14-16-31)26(33)28-21-7-5-3-2-4-6-8-21/h9-12,20-21,24H,2-8,13-18H2,1H3,(H,28,33)/t24-/m0/s1. The first kappa shape index (κ1) is 24.7. The van der Waals surface area contributed by atoms with Crippen molar-refractivity contribution < 1.29 is 19.1 Å². The Kier molecular flexibility index (Phi) is 7.84. The van der Waals surface area contributed by atoms with Gasteiger partial charge >= 0.3 is 0 Å². The van der Waals surface area contributed by atoms with Crippen molar-refractivity contribution in [2.75, 3.05) is 20.2 Å². The summed E-state index contributed by atoms with van der Waals surface area (Å²) in [5.41, 5.74) is 2.11. The van der Waals surface area contributed by atoms with E-state index in [0.717, 1.165) is 24.2 Å². The number of carbonyl (C=O) groups excluding carboxylic acids is 2. The number of aromatic nitrogens is 3. The molecule has 1 saturated heterocycles. The minimum atomic E-state index is -0.153. The van der Waals surface area contributed by atoms with Crippen LogP contribution in [0.5, 0.6) is 5.75 Å². The molecule has 0 radical (unpaired) electrons. The van der Waals surface area contributed by atoms with Crippen LogP contribution in [0, 0.1) is 5.92 Å². The van der Waals surface area contributed by atoms with E-state index in [-0.39, 0.29) is 30.4 Å². The van der Waals surface area contributed by atoms with Gasteiger partial charge in [-0.3, -0.25) is 9.59 Å². The zero-order chi connectivity index (χ0) is 24.9. The summed E-state index contributed by atoms with van der Waals surface area (Å²) in [7, 11) is 1.64. The Labute approximate surface area is 212 Å². The van der Waals surface area contributed by atoms with Gasteiger partial charge in [0, 0.05) is 25.0 Å². The van der Waals surface area contributed by atoms with Gasteiger partial charge in [-0.2, -0.15) is 0 Å². The number of ether oxygens (including phenoxy) is 2. The van der Waals surface area contributed by atoms with E-state index in [1.807, 2.05) is 24.3 Å². The third kappa shape index (κ3) is 5.56. The number of piperidine rings is 1. The van der Waals surface area contributed by atoms with Gasteiger partial charge in [0.1, 0.15) is 11.9 Å². The second-order valence-corrected chi connectivity index (χ2v) is 10.3. The normalized spacial score (nSPS) is 21.8. The highest BCUT2D eigenvalue weighted by molar-refractivity contribution is 5.93. The molecule has 1 aliphatic carbocycles. The lowest BCUT2D eigenvalue weighted by Crippen LogP contribution is -2.45. The predicted octanol–water partition coefficient (Wildman–Crippen LogP) is 3.64. The molecular weight excluding hydrogens is 458 g/mol. The molecule has 36 heavy (non-hydrogen) atoms. The summed E-state index contributed by atoms with van der Waals surface area (Å²) in [6.45, 7) is 1.91. The van der Waals surface area contributed by atoms with Crippen molar-refractivity contribution in [3.63, 3.8) is 0 Å². The minimum Gasteiger partial charge on any atom is -0.497 e. The summed E-state index contributed by atoms with van der Waals surface area (Å²) in [6.07, 6.45) is 9.65. The molecule has 1 atom stereocenters. The largest absolute Gasteiger partial charge is 0.497 e. The first-order chi connectivity index (χ1) is 17.6. The van der Waals surface area contributed by atoms with Crippen molar-refractivity contribution in [2.45, 2.75) is 83.1 Å². The van der Waals surface area contributed by atoms with Gasteiger partial charge in [-0.1, -0.05) is 49.5 Å². The van der Waals surface area contributed by atoms with Crippen LogP contribution in [-0.2, 0) is 22.7 Å². The number of fused-ring (bicyclic) bond motifs is 1. The molecule has 9 nitrogen and oxygen atoms in total. The SMILES string of the molecule is COc1ccc([C@@H]2Cn3nnc(C(=O)N4CCC(C(=O)NC5CCCCCCC5)CC4)c3CO2)cc1. The fourth-order valence-electron chi connectivity index (χ4n) is 5.61. The number of hydrogen-bond donors (Lipinski definition) is 1. The first-order valence-corrected chi connectivity index (χ1v) is 13.4. The summed E-state index contributed by atoms with van der Waals surface area (Å²) >= 11 is 0. The number of methoxy groups -OCH3 is 1. The van der Waals surface area contributed by atoms with Gasteiger partial charge in [-0.15, -0.1) is 5.10 Å². The van der Waals surface area contributed by atoms with Crippen molar-refractivity contribution in [3.05, 3.63) is 41.2 Å². The number of hydrogen-bond acceptors (Lipinski definition) is 6. The maximum Gasteiger partial charge on any atom is 0.276 e. The molecule has 2 amide bonds. The van der Waals surface area contributed by atoms with Crippen molar-refractivity contribution in [1.82, 2.24) is 25.2 Å². The number of likely N-dealkylation sites (tertiary alicyclic amines) is 1. The quantitative estimate of drug-likeness (QED) is 0.680. The van der Waals surface area contributed by atoms with Crippen LogP contribution in [-0.4, -0.2) is 57.9 Å². The molecule has 194 valence electrons. The van der Waals surface area contributed by atoms with E-state index in [2.05, 4.69) is 15.6 Å². The van der Waals surface area contributed by atoms with E-state index in [9.17, 15) is 9.59 Å². The van der Waals surface area contributed by atoms with Crippen LogP contribution in [0.1, 0.15) is 85.6 Å². The van der Waals surface area contributed by atoms with Crippen molar-refractivity contribution in [1.29, 1.82) is 0 Å². The molecular formula is C27H37N5O4. The average Bonchev–Trinajstić information content (AvgIpc) is 3.33. The lowest BCUT2D eigenvalue weighted by atomic mass is 9.93. The monoisotopic (exact) mass is 495 g/mol. The minimum absolute atomic E-state index is 0.0258.